The van der Waals surface area contributed by atoms with Crippen molar-refractivity contribution in [1.29, 1.82) is 0 Å². The van der Waals surface area contributed by atoms with E-state index in [0.717, 1.165) is 22.4 Å². The van der Waals surface area contributed by atoms with E-state index in [4.69, 9.17) is 0 Å². The Hall–Kier alpha value is -2.86. The molecule has 0 aliphatic carbocycles. The third-order valence-corrected chi connectivity index (χ3v) is 4.56. The Morgan fingerprint density at radius 3 is 1.96 bits per heavy atom. The number of anilines is 2. The van der Waals surface area contributed by atoms with E-state index in [2.05, 4.69) is 10.6 Å². The van der Waals surface area contributed by atoms with Crippen LogP contribution in [0.25, 0.3) is 0 Å². The molecule has 1 atom stereocenters. The fourth-order valence-corrected chi connectivity index (χ4v) is 3.10. The molecule has 0 radical (unpaired) electrons. The molecule has 0 aliphatic rings. The van der Waals surface area contributed by atoms with Crippen LogP contribution in [0.2, 0.25) is 0 Å². The molecule has 150 valence electrons. The smallest absolute Gasteiger partial charge is 0.313 e. The maximum absolute atomic E-state index is 12.3. The molecule has 0 unspecified atom stereocenters. The summed E-state index contributed by atoms with van der Waals surface area (Å²) < 4.78 is 0. The predicted molar refractivity (Wildman–Crippen MR) is 115 cm³/mol. The topological polar surface area (TPSA) is 64.7 Å². The highest BCUT2D eigenvalue weighted by Crippen LogP contribution is 2.21. The normalized spacial score (nSPS) is 11.8. The van der Waals surface area contributed by atoms with Crippen LogP contribution in [-0.2, 0) is 9.59 Å². The average molecular weight is 383 g/mol. The maximum Gasteiger partial charge on any atom is 0.313 e. The minimum absolute atomic E-state index is 0.0332. The van der Waals surface area contributed by atoms with Gasteiger partial charge in [-0.1, -0.05) is 18.2 Å². The fourth-order valence-electron chi connectivity index (χ4n) is 3.10. The molecule has 2 rings (SSSR count). The molecule has 0 saturated carbocycles. The van der Waals surface area contributed by atoms with E-state index in [0.29, 0.717) is 12.2 Å². The molecule has 6 heteroatoms. The van der Waals surface area contributed by atoms with Gasteiger partial charge in [-0.05, 0) is 68.9 Å². The van der Waals surface area contributed by atoms with Gasteiger partial charge in [-0.15, -0.1) is 0 Å². The Labute approximate surface area is 167 Å². The first kappa shape index (κ1) is 21.4. The van der Waals surface area contributed by atoms with Gasteiger partial charge in [0.15, 0.2) is 0 Å². The lowest BCUT2D eigenvalue weighted by atomic mass is 10.1. The van der Waals surface area contributed by atoms with E-state index < -0.39 is 11.8 Å². The molecule has 0 aliphatic heterocycles. The third kappa shape index (κ3) is 5.82. The molecule has 0 saturated heterocycles. The summed E-state index contributed by atoms with van der Waals surface area (Å²) in [6.07, 6.45) is 0. The standard InChI is InChI=1S/C22H30N4O2/c1-15-11-16(2)13-18(12-15)24-22(28)21(27)23-14-20(26(5)6)17-7-9-19(10-8-17)25(3)4/h7-13,20H,14H2,1-6H3,(H,23,27)(H,24,28)/t20-/m0/s1. The van der Waals surface area contributed by atoms with Gasteiger partial charge in [0.1, 0.15) is 0 Å². The van der Waals surface area contributed by atoms with Crippen molar-refractivity contribution in [2.24, 2.45) is 0 Å². The summed E-state index contributed by atoms with van der Waals surface area (Å²) in [4.78, 5) is 28.6. The molecule has 0 bridgehead atoms. The number of amides is 2. The van der Waals surface area contributed by atoms with E-state index in [1.165, 1.54) is 0 Å². The second kappa shape index (κ2) is 9.37. The summed E-state index contributed by atoms with van der Waals surface area (Å²) in [6.45, 7) is 4.24. The highest BCUT2D eigenvalue weighted by Gasteiger charge is 2.19. The van der Waals surface area contributed by atoms with Crippen molar-refractivity contribution in [2.45, 2.75) is 19.9 Å². The van der Waals surface area contributed by atoms with Crippen LogP contribution in [0.5, 0.6) is 0 Å². The lowest BCUT2D eigenvalue weighted by Gasteiger charge is -2.25. The molecule has 28 heavy (non-hydrogen) atoms. The minimum atomic E-state index is -0.662. The summed E-state index contributed by atoms with van der Waals surface area (Å²) in [5.74, 6) is -1.30. The van der Waals surface area contributed by atoms with Gasteiger partial charge in [-0.2, -0.15) is 0 Å². The number of benzene rings is 2. The molecule has 2 aromatic carbocycles. The lowest BCUT2D eigenvalue weighted by Crippen LogP contribution is -2.40. The quantitative estimate of drug-likeness (QED) is 0.754. The van der Waals surface area contributed by atoms with Crippen LogP contribution in [0.3, 0.4) is 0 Å². The molecule has 0 heterocycles. The molecular formula is C22H30N4O2. The predicted octanol–water partition coefficient (Wildman–Crippen LogP) is 2.73. The first-order valence-electron chi connectivity index (χ1n) is 9.28. The SMILES string of the molecule is Cc1cc(C)cc(NC(=O)C(=O)NC[C@@H](c2ccc(N(C)C)cc2)N(C)C)c1. The van der Waals surface area contributed by atoms with Gasteiger partial charge in [0.25, 0.3) is 0 Å². The Kier molecular flexibility index (Phi) is 7.18. The number of carbonyl (C=O) groups is 2. The van der Waals surface area contributed by atoms with Crippen molar-refractivity contribution >= 4 is 23.2 Å². The number of nitrogens with one attached hydrogen (secondary N) is 2. The first-order valence-corrected chi connectivity index (χ1v) is 9.28. The molecule has 0 aromatic heterocycles. The second-order valence-corrected chi connectivity index (χ2v) is 7.51. The summed E-state index contributed by atoms with van der Waals surface area (Å²) in [5.41, 5.74) is 4.87. The van der Waals surface area contributed by atoms with Gasteiger partial charge in [0.05, 0.1) is 6.04 Å². The highest BCUT2D eigenvalue weighted by atomic mass is 16.2. The van der Waals surface area contributed by atoms with Crippen LogP contribution in [0.1, 0.15) is 22.7 Å². The third-order valence-electron chi connectivity index (χ3n) is 4.56. The molecule has 2 aromatic rings. The van der Waals surface area contributed by atoms with Gasteiger partial charge < -0.3 is 20.4 Å². The summed E-state index contributed by atoms with van der Waals surface area (Å²) in [7, 11) is 7.89. The van der Waals surface area contributed by atoms with Gasteiger partial charge in [0, 0.05) is 32.0 Å². The molecule has 0 spiro atoms. The van der Waals surface area contributed by atoms with Crippen molar-refractivity contribution < 1.29 is 9.59 Å². The van der Waals surface area contributed by atoms with E-state index in [1.807, 2.05) is 94.3 Å². The zero-order chi connectivity index (χ0) is 20.8. The average Bonchev–Trinajstić information content (AvgIpc) is 2.60. The largest absolute Gasteiger partial charge is 0.378 e. The Bertz CT molecular complexity index is 809. The molecule has 2 amide bonds. The Morgan fingerprint density at radius 2 is 1.46 bits per heavy atom. The van der Waals surface area contributed by atoms with E-state index in [1.54, 1.807) is 0 Å². The van der Waals surface area contributed by atoms with Crippen molar-refractivity contribution in [3.05, 3.63) is 59.2 Å². The summed E-state index contributed by atoms with van der Waals surface area (Å²) in [5, 5.41) is 5.41. The molecule has 6 nitrogen and oxygen atoms in total. The number of nitrogens with zero attached hydrogens (tertiary/aromatic N) is 2. The van der Waals surface area contributed by atoms with Crippen molar-refractivity contribution in [3.63, 3.8) is 0 Å². The van der Waals surface area contributed by atoms with Crippen molar-refractivity contribution in [1.82, 2.24) is 10.2 Å². The zero-order valence-corrected chi connectivity index (χ0v) is 17.5. The fraction of sp³-hybridized carbons (Fsp3) is 0.364. The molecular weight excluding hydrogens is 352 g/mol. The number of rotatable bonds is 6. The minimum Gasteiger partial charge on any atom is -0.378 e. The van der Waals surface area contributed by atoms with Gasteiger partial charge in [0.2, 0.25) is 0 Å². The maximum atomic E-state index is 12.3. The lowest BCUT2D eigenvalue weighted by molar-refractivity contribution is -0.136. The van der Waals surface area contributed by atoms with Gasteiger partial charge >= 0.3 is 11.8 Å². The van der Waals surface area contributed by atoms with Crippen LogP contribution in [-0.4, -0.2) is 51.4 Å². The zero-order valence-electron chi connectivity index (χ0n) is 17.5. The Balaban J connectivity index is 2.00. The van der Waals surface area contributed by atoms with E-state index in [9.17, 15) is 9.59 Å². The van der Waals surface area contributed by atoms with E-state index >= 15 is 0 Å². The van der Waals surface area contributed by atoms with Crippen molar-refractivity contribution in [3.8, 4) is 0 Å². The van der Waals surface area contributed by atoms with Crippen molar-refractivity contribution in [2.75, 3.05) is 45.0 Å². The number of hydrogen-bond donors (Lipinski definition) is 2. The number of aryl methyl sites for hydroxylation is 2. The number of carbonyl (C=O) groups excluding carboxylic acids is 2. The van der Waals surface area contributed by atoms with Gasteiger partial charge in [-0.3, -0.25) is 9.59 Å². The second-order valence-electron chi connectivity index (χ2n) is 7.51. The highest BCUT2D eigenvalue weighted by molar-refractivity contribution is 6.39. The van der Waals surface area contributed by atoms with Crippen LogP contribution in [0.15, 0.2) is 42.5 Å². The number of hydrogen-bond acceptors (Lipinski definition) is 4. The molecule has 2 N–H and O–H groups in total. The molecule has 0 fully saturated rings. The van der Waals surface area contributed by atoms with E-state index in [-0.39, 0.29) is 6.04 Å². The number of likely N-dealkylation sites (N-methyl/N-ethyl adjacent to an activating group) is 1. The Morgan fingerprint density at radius 1 is 0.893 bits per heavy atom. The van der Waals surface area contributed by atoms with Gasteiger partial charge in [-0.25, -0.2) is 0 Å². The van der Waals surface area contributed by atoms with Crippen LogP contribution in [0, 0.1) is 13.8 Å². The van der Waals surface area contributed by atoms with Crippen LogP contribution in [0.4, 0.5) is 11.4 Å². The monoisotopic (exact) mass is 382 g/mol. The van der Waals surface area contributed by atoms with Crippen LogP contribution < -0.4 is 15.5 Å². The summed E-state index contributed by atoms with van der Waals surface area (Å²) in [6, 6.07) is 13.8. The van der Waals surface area contributed by atoms with Crippen LogP contribution >= 0.6 is 0 Å². The first-order chi connectivity index (χ1) is 13.2. The summed E-state index contributed by atoms with van der Waals surface area (Å²) >= 11 is 0.